The molecule has 2 aliphatic rings. The first kappa shape index (κ1) is 23.3. The molecule has 0 N–H and O–H groups in total. The number of esters is 1. The maximum Gasteiger partial charge on any atom is 0.326 e. The second kappa shape index (κ2) is 9.31. The smallest absolute Gasteiger partial charge is 0.326 e. The highest BCUT2D eigenvalue weighted by Crippen LogP contribution is 2.53. The second-order valence-electron chi connectivity index (χ2n) is 7.97. The van der Waals surface area contributed by atoms with Crippen LogP contribution >= 0.6 is 23.1 Å². The maximum absolute atomic E-state index is 13.7. The molecule has 2 unspecified atom stereocenters. The van der Waals surface area contributed by atoms with Crippen LogP contribution in [0.2, 0.25) is 0 Å². The molecule has 0 radical (unpaired) electrons. The SMILES string of the molecule is CCOC(=O)Cn1c2c(sc1=O)[C@H](c1cccnc1)C1C(=O)N(c3ccc(OC)cc3)C(=O)C1S2. The Morgan fingerprint density at radius 2 is 1.89 bits per heavy atom. The normalized spacial score (nSPS) is 21.0. The Kier molecular flexibility index (Phi) is 6.20. The van der Waals surface area contributed by atoms with Crippen LogP contribution in [-0.2, 0) is 25.7 Å². The number of fused-ring (bicyclic) bond motifs is 2. The summed E-state index contributed by atoms with van der Waals surface area (Å²) in [6.45, 7) is 1.63. The van der Waals surface area contributed by atoms with E-state index in [4.69, 9.17) is 9.47 Å². The Morgan fingerprint density at radius 3 is 2.54 bits per heavy atom. The maximum atomic E-state index is 13.7. The number of carbonyl (C=O) groups is 3. The number of pyridine rings is 1. The average molecular weight is 512 g/mol. The summed E-state index contributed by atoms with van der Waals surface area (Å²) < 4.78 is 11.6. The van der Waals surface area contributed by atoms with E-state index in [1.54, 1.807) is 56.8 Å². The van der Waals surface area contributed by atoms with Gasteiger partial charge in [0.2, 0.25) is 11.8 Å². The molecule has 2 amide bonds. The molecule has 35 heavy (non-hydrogen) atoms. The van der Waals surface area contributed by atoms with Crippen molar-refractivity contribution in [2.75, 3.05) is 18.6 Å². The largest absolute Gasteiger partial charge is 0.497 e. The van der Waals surface area contributed by atoms with Gasteiger partial charge in [-0.15, -0.1) is 0 Å². The van der Waals surface area contributed by atoms with Gasteiger partial charge in [0.1, 0.15) is 17.5 Å². The molecule has 1 aromatic carbocycles. The summed E-state index contributed by atoms with van der Waals surface area (Å²) >= 11 is 2.15. The minimum atomic E-state index is -0.759. The highest BCUT2D eigenvalue weighted by molar-refractivity contribution is 8.00. The number of methoxy groups -OCH3 is 1. The van der Waals surface area contributed by atoms with Crippen LogP contribution in [0, 0.1) is 5.92 Å². The number of anilines is 1. The molecule has 180 valence electrons. The monoisotopic (exact) mass is 511 g/mol. The standard InChI is InChI=1S/C24H21N3O6S2/c1-3-33-16(28)12-26-23-20(35-24(26)31)17(13-5-4-10-25-11-13)18-19(34-23)22(30)27(21(18)29)14-6-8-15(32-2)9-7-14/h4-11,17-19H,3,12H2,1-2H3/t17-,18?,19?/m1/s1. The Morgan fingerprint density at radius 1 is 1.11 bits per heavy atom. The van der Waals surface area contributed by atoms with Gasteiger partial charge in [-0.2, -0.15) is 0 Å². The predicted molar refractivity (Wildman–Crippen MR) is 130 cm³/mol. The van der Waals surface area contributed by atoms with Gasteiger partial charge in [-0.05, 0) is 42.8 Å². The Balaban J connectivity index is 1.61. The molecule has 3 atom stereocenters. The molecule has 0 bridgehead atoms. The lowest BCUT2D eigenvalue weighted by molar-refractivity contribution is -0.144. The van der Waals surface area contributed by atoms with Crippen LogP contribution < -0.4 is 14.5 Å². The van der Waals surface area contributed by atoms with Gasteiger partial charge < -0.3 is 9.47 Å². The van der Waals surface area contributed by atoms with Crippen LogP contribution in [0.15, 0.2) is 58.6 Å². The first-order valence-electron chi connectivity index (χ1n) is 10.9. The zero-order valence-corrected chi connectivity index (χ0v) is 20.5. The van der Waals surface area contributed by atoms with Crippen LogP contribution in [0.25, 0.3) is 0 Å². The van der Waals surface area contributed by atoms with Crippen molar-refractivity contribution in [2.45, 2.75) is 29.7 Å². The molecule has 11 heteroatoms. The lowest BCUT2D eigenvalue weighted by Gasteiger charge is -2.30. The van der Waals surface area contributed by atoms with E-state index in [0.29, 0.717) is 21.3 Å². The third-order valence-electron chi connectivity index (χ3n) is 6.02. The lowest BCUT2D eigenvalue weighted by atomic mass is 9.84. The van der Waals surface area contributed by atoms with Gasteiger partial charge in [-0.1, -0.05) is 29.2 Å². The van der Waals surface area contributed by atoms with Gasteiger partial charge >= 0.3 is 10.8 Å². The fraction of sp³-hybridized carbons (Fsp3) is 0.292. The van der Waals surface area contributed by atoms with E-state index < -0.39 is 23.1 Å². The molecule has 3 aromatic rings. The summed E-state index contributed by atoms with van der Waals surface area (Å²) in [6, 6.07) is 10.3. The molecule has 1 saturated heterocycles. The highest BCUT2D eigenvalue weighted by atomic mass is 32.2. The van der Waals surface area contributed by atoms with E-state index in [0.717, 1.165) is 28.7 Å². The van der Waals surface area contributed by atoms with Crippen LogP contribution in [0.3, 0.4) is 0 Å². The number of aromatic nitrogens is 2. The average Bonchev–Trinajstić information content (AvgIpc) is 3.31. The number of imide groups is 1. The number of thiazole rings is 1. The van der Waals surface area contributed by atoms with E-state index in [1.807, 2.05) is 6.07 Å². The van der Waals surface area contributed by atoms with Crippen LogP contribution in [0.4, 0.5) is 5.69 Å². The van der Waals surface area contributed by atoms with E-state index in [-0.39, 0.29) is 29.8 Å². The van der Waals surface area contributed by atoms with Crippen molar-refractivity contribution >= 4 is 46.6 Å². The summed E-state index contributed by atoms with van der Waals surface area (Å²) in [4.78, 5) is 58.2. The number of amides is 2. The molecule has 1 fully saturated rings. The number of hydrogen-bond donors (Lipinski definition) is 0. The van der Waals surface area contributed by atoms with Crippen LogP contribution in [-0.4, -0.2) is 46.3 Å². The molecular formula is C24H21N3O6S2. The van der Waals surface area contributed by atoms with Crippen molar-refractivity contribution in [3.8, 4) is 5.75 Å². The van der Waals surface area contributed by atoms with E-state index in [1.165, 1.54) is 9.47 Å². The topological polar surface area (TPSA) is 108 Å². The summed E-state index contributed by atoms with van der Waals surface area (Å²) in [5, 5.41) is -0.245. The quantitative estimate of drug-likeness (QED) is 0.367. The summed E-state index contributed by atoms with van der Waals surface area (Å²) in [5.41, 5.74) is 1.18. The highest BCUT2D eigenvalue weighted by Gasteiger charge is 2.56. The number of hydrogen-bond acceptors (Lipinski definition) is 9. The number of thioether (sulfide) groups is 1. The zero-order chi connectivity index (χ0) is 24.7. The summed E-state index contributed by atoms with van der Waals surface area (Å²) in [7, 11) is 1.54. The third kappa shape index (κ3) is 3.94. The Labute approximate surface area is 208 Å². The summed E-state index contributed by atoms with van der Waals surface area (Å²) in [6.07, 6.45) is 3.27. The number of benzene rings is 1. The first-order chi connectivity index (χ1) is 16.9. The molecule has 0 aliphatic carbocycles. The predicted octanol–water partition coefficient (Wildman–Crippen LogP) is 2.67. The number of carbonyl (C=O) groups excluding carboxylic acids is 3. The van der Waals surface area contributed by atoms with Crippen LogP contribution in [0.5, 0.6) is 5.75 Å². The van der Waals surface area contributed by atoms with E-state index in [9.17, 15) is 19.2 Å². The molecule has 9 nitrogen and oxygen atoms in total. The fourth-order valence-electron chi connectivity index (χ4n) is 4.50. The van der Waals surface area contributed by atoms with Gasteiger partial charge in [0.15, 0.2) is 0 Å². The number of rotatable bonds is 6. The van der Waals surface area contributed by atoms with Crippen molar-refractivity contribution in [2.24, 2.45) is 5.92 Å². The van der Waals surface area contributed by atoms with Crippen molar-refractivity contribution in [3.05, 3.63) is 68.9 Å². The molecule has 4 heterocycles. The van der Waals surface area contributed by atoms with Crippen molar-refractivity contribution < 1.29 is 23.9 Å². The Bertz CT molecular complexity index is 1350. The second-order valence-corrected chi connectivity index (χ2v) is 10.1. The molecule has 0 spiro atoms. The Hall–Kier alpha value is -3.44. The van der Waals surface area contributed by atoms with E-state index in [2.05, 4.69) is 4.98 Å². The molecule has 2 aliphatic heterocycles. The van der Waals surface area contributed by atoms with Gasteiger partial charge in [-0.25, -0.2) is 4.90 Å². The van der Waals surface area contributed by atoms with Crippen molar-refractivity contribution in [1.29, 1.82) is 0 Å². The number of nitrogens with zero attached hydrogens (tertiary/aromatic N) is 3. The molecule has 5 rings (SSSR count). The summed E-state index contributed by atoms with van der Waals surface area (Å²) in [5.74, 6) is -1.90. The van der Waals surface area contributed by atoms with E-state index >= 15 is 0 Å². The zero-order valence-electron chi connectivity index (χ0n) is 18.9. The van der Waals surface area contributed by atoms with Gasteiger partial charge in [0.05, 0.1) is 30.3 Å². The van der Waals surface area contributed by atoms with Crippen molar-refractivity contribution in [3.63, 3.8) is 0 Å². The van der Waals surface area contributed by atoms with Gasteiger partial charge in [0, 0.05) is 23.2 Å². The fourth-order valence-corrected chi connectivity index (χ4v) is 7.27. The lowest BCUT2D eigenvalue weighted by Crippen LogP contribution is -2.32. The molecule has 0 saturated carbocycles. The first-order valence-corrected chi connectivity index (χ1v) is 12.6. The van der Waals surface area contributed by atoms with Gasteiger partial charge in [-0.3, -0.25) is 28.7 Å². The molecule has 2 aromatic heterocycles. The molecular weight excluding hydrogens is 490 g/mol. The van der Waals surface area contributed by atoms with Crippen molar-refractivity contribution in [1.82, 2.24) is 9.55 Å². The minimum Gasteiger partial charge on any atom is -0.497 e. The third-order valence-corrected chi connectivity index (χ3v) is 8.62. The van der Waals surface area contributed by atoms with Gasteiger partial charge in [0.25, 0.3) is 0 Å². The van der Waals surface area contributed by atoms with Crippen LogP contribution in [0.1, 0.15) is 23.3 Å². The minimum absolute atomic E-state index is 0.194. The number of ether oxygens (including phenoxy) is 2.